The van der Waals surface area contributed by atoms with E-state index in [1.54, 1.807) is 0 Å². The van der Waals surface area contributed by atoms with Crippen LogP contribution < -0.4 is 0 Å². The van der Waals surface area contributed by atoms with Crippen LogP contribution in [0, 0.1) is 11.3 Å². The fourth-order valence-corrected chi connectivity index (χ4v) is 9.92. The van der Waals surface area contributed by atoms with E-state index in [1.807, 2.05) is 84.6 Å². The first-order chi connectivity index (χ1) is 28.7. The zero-order valence-electron chi connectivity index (χ0n) is 31.2. The van der Waals surface area contributed by atoms with E-state index in [-0.39, 0.29) is 0 Å². The quantitative estimate of drug-likeness (QED) is 0.175. The highest BCUT2D eigenvalue weighted by Gasteiger charge is 2.50. The second kappa shape index (κ2) is 13.7. The van der Waals surface area contributed by atoms with E-state index >= 15 is 0 Å². The lowest BCUT2D eigenvalue weighted by atomic mass is 9.66. The van der Waals surface area contributed by atoms with Gasteiger partial charge in [0, 0.05) is 26.5 Å². The standard InChI is InChI=1S/C53H32N4S/c54-33-34-19-21-35(22-20-34)40-27-29-43-42-15-7-8-16-44(42)53(46(43)31-40)45-17-9-10-18-48(45)58-49-30-28-41(32-47(49)53)36-23-25-39(26-24-36)52-56-50(37-11-3-1-4-12-37)55-51(57-52)38-13-5-2-6-14-38/h1-32H. The Morgan fingerprint density at radius 1 is 0.362 bits per heavy atom. The Morgan fingerprint density at radius 2 is 0.810 bits per heavy atom. The molecule has 4 nitrogen and oxygen atoms in total. The van der Waals surface area contributed by atoms with Crippen molar-refractivity contribution in [2.75, 3.05) is 0 Å². The van der Waals surface area contributed by atoms with Gasteiger partial charge in [0.25, 0.3) is 0 Å². The molecule has 58 heavy (non-hydrogen) atoms. The monoisotopic (exact) mass is 756 g/mol. The summed E-state index contributed by atoms with van der Waals surface area (Å²) in [6.45, 7) is 0. The van der Waals surface area contributed by atoms with Gasteiger partial charge >= 0.3 is 0 Å². The summed E-state index contributed by atoms with van der Waals surface area (Å²) in [4.78, 5) is 17.3. The van der Waals surface area contributed by atoms with Crippen molar-refractivity contribution in [1.82, 2.24) is 15.0 Å². The Balaban J connectivity index is 1.06. The van der Waals surface area contributed by atoms with Crippen molar-refractivity contribution >= 4 is 11.8 Å². The zero-order valence-corrected chi connectivity index (χ0v) is 32.0. The molecule has 1 spiro atoms. The van der Waals surface area contributed by atoms with Crippen LogP contribution in [0.15, 0.2) is 204 Å². The Bertz CT molecular complexity index is 3020. The fraction of sp³-hybridized carbons (Fsp3) is 0.0189. The van der Waals surface area contributed by atoms with Crippen molar-refractivity contribution in [3.8, 4) is 73.6 Å². The summed E-state index contributed by atoms with van der Waals surface area (Å²) in [6.07, 6.45) is 0. The lowest BCUT2D eigenvalue weighted by Crippen LogP contribution is -2.32. The minimum absolute atomic E-state index is 0.534. The van der Waals surface area contributed by atoms with Gasteiger partial charge < -0.3 is 0 Å². The van der Waals surface area contributed by atoms with Gasteiger partial charge in [-0.2, -0.15) is 5.26 Å². The summed E-state index contributed by atoms with van der Waals surface area (Å²) in [5, 5.41) is 9.49. The van der Waals surface area contributed by atoms with Crippen LogP contribution in [0.2, 0.25) is 0 Å². The molecule has 0 amide bonds. The second-order valence-corrected chi connectivity index (χ2v) is 15.8. The maximum absolute atomic E-state index is 9.49. The van der Waals surface area contributed by atoms with E-state index < -0.39 is 5.41 Å². The molecule has 9 aromatic rings. The van der Waals surface area contributed by atoms with Crippen LogP contribution in [0.4, 0.5) is 0 Å². The van der Waals surface area contributed by atoms with Crippen LogP contribution in [-0.2, 0) is 5.41 Å². The maximum Gasteiger partial charge on any atom is 0.164 e. The fourth-order valence-electron chi connectivity index (χ4n) is 8.75. The molecule has 1 aliphatic carbocycles. The number of benzene rings is 8. The molecule has 1 aromatic heterocycles. The second-order valence-electron chi connectivity index (χ2n) is 14.7. The van der Waals surface area contributed by atoms with E-state index in [4.69, 9.17) is 15.0 Å². The summed E-state index contributed by atoms with van der Waals surface area (Å²) in [5.41, 5.74) is 15.1. The minimum Gasteiger partial charge on any atom is -0.208 e. The molecule has 0 fully saturated rings. The molecular formula is C53H32N4S. The third-order valence-electron chi connectivity index (χ3n) is 11.5. The first-order valence-electron chi connectivity index (χ1n) is 19.3. The molecule has 0 saturated heterocycles. The molecule has 1 atom stereocenters. The number of aromatic nitrogens is 3. The van der Waals surface area contributed by atoms with Crippen molar-refractivity contribution in [3.63, 3.8) is 0 Å². The largest absolute Gasteiger partial charge is 0.208 e. The van der Waals surface area contributed by atoms with Crippen molar-refractivity contribution in [1.29, 1.82) is 5.26 Å². The van der Waals surface area contributed by atoms with Crippen LogP contribution in [0.25, 0.3) is 67.5 Å². The van der Waals surface area contributed by atoms with Gasteiger partial charge in [-0.1, -0.05) is 169 Å². The summed E-state index contributed by atoms with van der Waals surface area (Å²) in [5.74, 6) is 1.92. The normalized spacial score (nSPS) is 14.5. The van der Waals surface area contributed by atoms with Gasteiger partial charge in [-0.25, -0.2) is 15.0 Å². The zero-order chi connectivity index (χ0) is 38.6. The molecular weight excluding hydrogens is 725 g/mol. The molecule has 0 saturated carbocycles. The molecule has 2 heterocycles. The average molecular weight is 757 g/mol. The van der Waals surface area contributed by atoms with E-state index in [9.17, 15) is 5.26 Å². The SMILES string of the molecule is N#Cc1ccc(-c2ccc3c(c2)C2(c4ccccc4Sc4ccc(-c5ccc(-c6nc(-c7ccccc7)nc(-c7ccccc7)n6)cc5)cc42)c2ccccc2-3)cc1. The third kappa shape index (κ3) is 5.42. The molecule has 0 bridgehead atoms. The molecule has 11 rings (SSSR count). The van der Waals surface area contributed by atoms with Crippen LogP contribution in [-0.4, -0.2) is 15.0 Å². The highest BCUT2D eigenvalue weighted by Crippen LogP contribution is 2.62. The van der Waals surface area contributed by atoms with E-state index in [0.717, 1.165) is 38.9 Å². The lowest BCUT2D eigenvalue weighted by molar-refractivity contribution is 0.723. The van der Waals surface area contributed by atoms with E-state index in [0.29, 0.717) is 23.0 Å². The van der Waals surface area contributed by atoms with Crippen molar-refractivity contribution in [2.45, 2.75) is 15.2 Å². The van der Waals surface area contributed by atoms with Gasteiger partial charge in [0.05, 0.1) is 17.0 Å². The van der Waals surface area contributed by atoms with E-state index in [1.165, 1.54) is 43.2 Å². The number of rotatable bonds is 5. The lowest BCUT2D eigenvalue weighted by Gasteiger charge is -2.40. The predicted molar refractivity (Wildman–Crippen MR) is 233 cm³/mol. The molecule has 1 unspecified atom stereocenters. The molecule has 1 aliphatic heterocycles. The predicted octanol–water partition coefficient (Wildman–Crippen LogP) is 12.9. The number of hydrogen-bond donors (Lipinski definition) is 0. The van der Waals surface area contributed by atoms with Gasteiger partial charge in [-0.3, -0.25) is 0 Å². The highest BCUT2D eigenvalue weighted by atomic mass is 32.2. The minimum atomic E-state index is -0.534. The van der Waals surface area contributed by atoms with Crippen LogP contribution >= 0.6 is 11.8 Å². The van der Waals surface area contributed by atoms with Crippen molar-refractivity contribution in [2.24, 2.45) is 0 Å². The number of fused-ring (bicyclic) bond motifs is 9. The average Bonchev–Trinajstić information content (AvgIpc) is 3.59. The summed E-state index contributed by atoms with van der Waals surface area (Å²) in [6, 6.07) is 70.6. The van der Waals surface area contributed by atoms with Gasteiger partial charge in [-0.05, 0) is 92.0 Å². The van der Waals surface area contributed by atoms with Gasteiger partial charge in [-0.15, -0.1) is 0 Å². The van der Waals surface area contributed by atoms with Gasteiger partial charge in [0.2, 0.25) is 0 Å². The Morgan fingerprint density at radius 3 is 1.45 bits per heavy atom. The van der Waals surface area contributed by atoms with Gasteiger partial charge in [0.15, 0.2) is 17.5 Å². The Labute approximate surface area is 341 Å². The number of hydrogen-bond acceptors (Lipinski definition) is 5. The number of nitriles is 1. The molecule has 0 N–H and O–H groups in total. The molecule has 270 valence electrons. The van der Waals surface area contributed by atoms with Crippen LogP contribution in [0.1, 0.15) is 27.8 Å². The van der Waals surface area contributed by atoms with Crippen LogP contribution in [0.5, 0.6) is 0 Å². The first kappa shape index (κ1) is 33.9. The maximum atomic E-state index is 9.49. The summed E-state index contributed by atoms with van der Waals surface area (Å²) in [7, 11) is 0. The van der Waals surface area contributed by atoms with Crippen LogP contribution in [0.3, 0.4) is 0 Å². The van der Waals surface area contributed by atoms with E-state index in [2.05, 4.69) is 127 Å². The molecule has 8 aromatic carbocycles. The summed E-state index contributed by atoms with van der Waals surface area (Å²) < 4.78 is 0. The smallest absolute Gasteiger partial charge is 0.164 e. The highest BCUT2D eigenvalue weighted by molar-refractivity contribution is 7.99. The first-order valence-corrected chi connectivity index (χ1v) is 20.1. The summed E-state index contributed by atoms with van der Waals surface area (Å²) >= 11 is 1.85. The molecule has 0 radical (unpaired) electrons. The Kier molecular flexibility index (Phi) is 7.99. The Hall–Kier alpha value is -7.39. The van der Waals surface area contributed by atoms with Gasteiger partial charge in [0.1, 0.15) is 0 Å². The molecule has 2 aliphatic rings. The third-order valence-corrected chi connectivity index (χ3v) is 12.6. The number of nitrogens with zero attached hydrogens (tertiary/aromatic N) is 4. The van der Waals surface area contributed by atoms with Crippen molar-refractivity contribution < 1.29 is 0 Å². The topological polar surface area (TPSA) is 62.5 Å². The molecule has 5 heteroatoms. The van der Waals surface area contributed by atoms with Crippen molar-refractivity contribution in [3.05, 3.63) is 222 Å².